The topological polar surface area (TPSA) is 20.2 Å². The first kappa shape index (κ1) is 13.7. The number of hydrogen-bond acceptors (Lipinski definition) is 1. The number of benzene rings is 2. The van der Waals surface area contributed by atoms with Crippen molar-refractivity contribution in [3.8, 4) is 0 Å². The normalized spacial score (nSPS) is 12.5. The Hall–Kier alpha value is -1.74. The Balaban J connectivity index is 2.49. The molecule has 1 N–H and O–H groups in total. The summed E-state index contributed by atoms with van der Waals surface area (Å²) < 4.78 is 27.5. The van der Waals surface area contributed by atoms with Gasteiger partial charge in [-0.15, -0.1) is 0 Å². The molecule has 100 valence electrons. The zero-order valence-corrected chi connectivity index (χ0v) is 11.2. The third-order valence-electron chi connectivity index (χ3n) is 3.27. The molecule has 19 heavy (non-hydrogen) atoms. The van der Waals surface area contributed by atoms with Crippen LogP contribution in [-0.4, -0.2) is 5.11 Å². The molecule has 2 aromatic carbocycles. The average Bonchev–Trinajstić information content (AvgIpc) is 2.31. The molecule has 2 aromatic rings. The molecule has 0 heterocycles. The van der Waals surface area contributed by atoms with E-state index in [9.17, 15) is 13.9 Å². The van der Waals surface area contributed by atoms with Gasteiger partial charge in [-0.2, -0.15) is 0 Å². The van der Waals surface area contributed by atoms with Crippen LogP contribution in [0.15, 0.2) is 30.3 Å². The summed E-state index contributed by atoms with van der Waals surface area (Å²) in [6, 6.07) is 7.61. The first-order valence-corrected chi connectivity index (χ1v) is 6.11. The first-order chi connectivity index (χ1) is 8.90. The van der Waals surface area contributed by atoms with Crippen molar-refractivity contribution in [2.75, 3.05) is 0 Å². The molecule has 1 atom stereocenters. The van der Waals surface area contributed by atoms with Crippen molar-refractivity contribution in [3.05, 3.63) is 69.8 Å². The van der Waals surface area contributed by atoms with Gasteiger partial charge in [-0.3, -0.25) is 0 Å². The van der Waals surface area contributed by atoms with Crippen LogP contribution in [0.1, 0.15) is 33.9 Å². The summed E-state index contributed by atoms with van der Waals surface area (Å²) in [4.78, 5) is 0. The summed E-state index contributed by atoms with van der Waals surface area (Å²) in [5.74, 6) is -0.868. The van der Waals surface area contributed by atoms with Gasteiger partial charge in [-0.05, 0) is 55.2 Å². The third kappa shape index (κ3) is 2.66. The molecular weight excluding hydrogens is 246 g/mol. The third-order valence-corrected chi connectivity index (χ3v) is 3.27. The van der Waals surface area contributed by atoms with Gasteiger partial charge in [0.15, 0.2) is 0 Å². The Kier molecular flexibility index (Phi) is 3.67. The fraction of sp³-hybridized carbons (Fsp3) is 0.250. The summed E-state index contributed by atoms with van der Waals surface area (Å²) in [6.45, 7) is 5.17. The summed E-state index contributed by atoms with van der Waals surface area (Å²) in [7, 11) is 0. The second-order valence-corrected chi connectivity index (χ2v) is 4.89. The van der Waals surface area contributed by atoms with E-state index in [1.165, 1.54) is 12.1 Å². The first-order valence-electron chi connectivity index (χ1n) is 6.11. The van der Waals surface area contributed by atoms with Crippen LogP contribution >= 0.6 is 0 Å². The van der Waals surface area contributed by atoms with Crippen LogP contribution in [0.5, 0.6) is 0 Å². The Morgan fingerprint density at radius 2 is 1.58 bits per heavy atom. The lowest BCUT2D eigenvalue weighted by Crippen LogP contribution is -2.06. The maximum absolute atomic E-state index is 14.0. The van der Waals surface area contributed by atoms with Crippen molar-refractivity contribution in [1.29, 1.82) is 0 Å². The van der Waals surface area contributed by atoms with Gasteiger partial charge < -0.3 is 5.11 Å². The molecule has 0 saturated heterocycles. The molecule has 0 fully saturated rings. The molecule has 0 saturated carbocycles. The Morgan fingerprint density at radius 3 is 2.16 bits per heavy atom. The molecule has 0 spiro atoms. The maximum atomic E-state index is 14.0. The molecular formula is C16H16F2O. The number of rotatable bonds is 2. The lowest BCUT2D eigenvalue weighted by Gasteiger charge is -2.16. The smallest absolute Gasteiger partial charge is 0.129 e. The van der Waals surface area contributed by atoms with Crippen molar-refractivity contribution in [1.82, 2.24) is 0 Å². The van der Waals surface area contributed by atoms with Crippen molar-refractivity contribution in [3.63, 3.8) is 0 Å². The highest BCUT2D eigenvalue weighted by Crippen LogP contribution is 2.29. The number of halogens is 2. The lowest BCUT2D eigenvalue weighted by molar-refractivity contribution is 0.213. The summed E-state index contributed by atoms with van der Waals surface area (Å²) in [5, 5.41) is 10.3. The average molecular weight is 262 g/mol. The molecule has 0 aliphatic heterocycles. The van der Waals surface area contributed by atoms with Gasteiger partial charge in [0.2, 0.25) is 0 Å². The van der Waals surface area contributed by atoms with E-state index in [0.29, 0.717) is 16.7 Å². The van der Waals surface area contributed by atoms with Gasteiger partial charge in [-0.1, -0.05) is 18.2 Å². The Morgan fingerprint density at radius 1 is 0.895 bits per heavy atom. The van der Waals surface area contributed by atoms with Crippen LogP contribution in [0.25, 0.3) is 0 Å². The number of aliphatic hydroxyl groups is 1. The minimum absolute atomic E-state index is 0.203. The summed E-state index contributed by atoms with van der Waals surface area (Å²) in [6.07, 6.45) is -1.16. The van der Waals surface area contributed by atoms with Gasteiger partial charge in [0.1, 0.15) is 17.7 Å². The van der Waals surface area contributed by atoms with Crippen molar-refractivity contribution in [2.45, 2.75) is 26.9 Å². The fourth-order valence-electron chi connectivity index (χ4n) is 2.22. The van der Waals surface area contributed by atoms with Crippen LogP contribution in [0.3, 0.4) is 0 Å². The second kappa shape index (κ2) is 5.10. The number of aliphatic hydroxyl groups excluding tert-OH is 1. The summed E-state index contributed by atoms with van der Waals surface area (Å²) in [5.41, 5.74) is 2.51. The second-order valence-electron chi connectivity index (χ2n) is 4.89. The fourth-order valence-corrected chi connectivity index (χ4v) is 2.22. The van der Waals surface area contributed by atoms with E-state index in [-0.39, 0.29) is 5.56 Å². The monoisotopic (exact) mass is 262 g/mol. The van der Waals surface area contributed by atoms with Gasteiger partial charge in [0.25, 0.3) is 0 Å². The van der Waals surface area contributed by atoms with Crippen molar-refractivity contribution in [2.24, 2.45) is 0 Å². The Bertz CT molecular complexity index is 597. The zero-order chi connectivity index (χ0) is 14.2. The SMILES string of the molecule is Cc1cc(C)c(C(O)c2ccc(C)c(F)c2)c(F)c1. The molecule has 0 radical (unpaired) electrons. The largest absolute Gasteiger partial charge is 0.384 e. The molecule has 1 unspecified atom stereocenters. The van der Waals surface area contributed by atoms with E-state index in [4.69, 9.17) is 0 Å². The molecule has 0 aliphatic carbocycles. The predicted molar refractivity (Wildman–Crippen MR) is 71.1 cm³/mol. The number of aryl methyl sites for hydroxylation is 3. The van der Waals surface area contributed by atoms with E-state index in [2.05, 4.69) is 0 Å². The van der Waals surface area contributed by atoms with Crippen LogP contribution in [-0.2, 0) is 0 Å². The molecule has 0 aliphatic rings. The predicted octanol–water partition coefficient (Wildman–Crippen LogP) is 3.97. The van der Waals surface area contributed by atoms with Gasteiger partial charge in [0.05, 0.1) is 0 Å². The highest BCUT2D eigenvalue weighted by molar-refractivity contribution is 5.39. The highest BCUT2D eigenvalue weighted by Gasteiger charge is 2.18. The zero-order valence-electron chi connectivity index (χ0n) is 11.2. The lowest BCUT2D eigenvalue weighted by atomic mass is 9.95. The van der Waals surface area contributed by atoms with E-state index in [1.807, 2.05) is 0 Å². The molecule has 1 nitrogen and oxygen atoms in total. The summed E-state index contributed by atoms with van der Waals surface area (Å²) >= 11 is 0. The molecule has 0 amide bonds. The van der Waals surface area contributed by atoms with Crippen molar-refractivity contribution < 1.29 is 13.9 Å². The molecule has 2 rings (SSSR count). The van der Waals surface area contributed by atoms with Gasteiger partial charge in [0, 0.05) is 5.56 Å². The van der Waals surface area contributed by atoms with Crippen LogP contribution in [0, 0.1) is 32.4 Å². The minimum atomic E-state index is -1.16. The molecule has 0 aromatic heterocycles. The van der Waals surface area contributed by atoms with E-state index < -0.39 is 17.7 Å². The maximum Gasteiger partial charge on any atom is 0.129 e. The highest BCUT2D eigenvalue weighted by atomic mass is 19.1. The van der Waals surface area contributed by atoms with E-state index in [1.54, 1.807) is 39.0 Å². The van der Waals surface area contributed by atoms with Gasteiger partial charge >= 0.3 is 0 Å². The van der Waals surface area contributed by atoms with E-state index >= 15 is 0 Å². The number of hydrogen-bond donors (Lipinski definition) is 1. The molecule has 3 heteroatoms. The van der Waals surface area contributed by atoms with E-state index in [0.717, 1.165) is 5.56 Å². The molecule has 0 bridgehead atoms. The standard InChI is InChI=1S/C16H16F2O/c1-9-6-11(3)15(14(18)7-9)16(19)12-5-4-10(2)13(17)8-12/h4-8,16,19H,1-3H3. The minimum Gasteiger partial charge on any atom is -0.384 e. The van der Waals surface area contributed by atoms with Gasteiger partial charge in [-0.25, -0.2) is 8.78 Å². The quantitative estimate of drug-likeness (QED) is 0.868. The van der Waals surface area contributed by atoms with Crippen LogP contribution < -0.4 is 0 Å². The van der Waals surface area contributed by atoms with Crippen LogP contribution in [0.2, 0.25) is 0 Å². The van der Waals surface area contributed by atoms with Crippen molar-refractivity contribution >= 4 is 0 Å². The van der Waals surface area contributed by atoms with Crippen LogP contribution in [0.4, 0.5) is 8.78 Å². The Labute approximate surface area is 111 Å².